The summed E-state index contributed by atoms with van der Waals surface area (Å²) in [5.41, 5.74) is 1.46. The third kappa shape index (κ3) is 3.10. The zero-order valence-electron chi connectivity index (χ0n) is 11.6. The third-order valence-corrected chi connectivity index (χ3v) is 3.54. The van der Waals surface area contributed by atoms with E-state index < -0.39 is 0 Å². The van der Waals surface area contributed by atoms with Crippen LogP contribution >= 0.6 is 11.6 Å². The number of pyridine rings is 1. The summed E-state index contributed by atoms with van der Waals surface area (Å²) >= 11 is 5.85. The lowest BCUT2D eigenvalue weighted by atomic mass is 10.1. The molecule has 0 N–H and O–H groups in total. The quantitative estimate of drug-likeness (QED) is 0.618. The summed E-state index contributed by atoms with van der Waals surface area (Å²) in [5, 5.41) is 0.380. The molecule has 1 aliphatic heterocycles. The number of rotatable bonds is 5. The number of nitrogens with zero attached hydrogens (tertiary/aromatic N) is 2. The summed E-state index contributed by atoms with van der Waals surface area (Å²) in [5.74, 6) is -0.408. The summed E-state index contributed by atoms with van der Waals surface area (Å²) in [7, 11) is 0. The maximum Gasteiger partial charge on any atom is 0.302 e. The molecule has 0 aromatic carbocycles. The van der Waals surface area contributed by atoms with Gasteiger partial charge in [-0.15, -0.1) is 0 Å². The number of carbonyl (C=O) groups excluding carboxylic acids is 2. The van der Waals surface area contributed by atoms with Gasteiger partial charge in [0.05, 0.1) is 11.6 Å². The Morgan fingerprint density at radius 3 is 3.00 bits per heavy atom. The van der Waals surface area contributed by atoms with Crippen LogP contribution in [0.1, 0.15) is 42.6 Å². The van der Waals surface area contributed by atoms with Crippen molar-refractivity contribution in [3.8, 4) is 0 Å². The average molecular weight is 297 g/mol. The summed E-state index contributed by atoms with van der Waals surface area (Å²) in [6.45, 7) is 4.12. The van der Waals surface area contributed by atoms with Crippen LogP contribution in [-0.4, -0.2) is 34.4 Å². The van der Waals surface area contributed by atoms with Gasteiger partial charge in [-0.25, -0.2) is 4.98 Å². The molecular formula is C14H17ClN2O3. The normalized spacial score (nSPS) is 15.2. The number of amides is 1. The summed E-state index contributed by atoms with van der Waals surface area (Å²) in [6.07, 6.45) is 3.20. The van der Waals surface area contributed by atoms with E-state index in [1.165, 1.54) is 13.1 Å². The first-order chi connectivity index (χ1) is 9.52. The first kappa shape index (κ1) is 14.8. The van der Waals surface area contributed by atoms with E-state index in [0.717, 1.165) is 18.4 Å². The van der Waals surface area contributed by atoms with Crippen LogP contribution in [-0.2, 0) is 16.1 Å². The third-order valence-electron chi connectivity index (χ3n) is 3.33. The van der Waals surface area contributed by atoms with Crippen molar-refractivity contribution < 1.29 is 14.3 Å². The number of esters is 1. The van der Waals surface area contributed by atoms with E-state index in [-0.39, 0.29) is 24.5 Å². The highest BCUT2D eigenvalue weighted by molar-refractivity contribution is 6.29. The van der Waals surface area contributed by atoms with Crippen molar-refractivity contribution in [1.82, 2.24) is 9.88 Å². The van der Waals surface area contributed by atoms with E-state index in [0.29, 0.717) is 17.3 Å². The van der Waals surface area contributed by atoms with Crippen molar-refractivity contribution in [2.75, 3.05) is 6.61 Å². The lowest BCUT2D eigenvalue weighted by Gasteiger charge is -2.27. The Balaban J connectivity index is 2.15. The molecule has 2 heterocycles. The number of hydrogen-bond donors (Lipinski definition) is 0. The molecule has 1 unspecified atom stereocenters. The highest BCUT2D eigenvalue weighted by Crippen LogP contribution is 2.27. The Labute approximate surface area is 122 Å². The van der Waals surface area contributed by atoms with Gasteiger partial charge in [-0.3, -0.25) is 9.59 Å². The topological polar surface area (TPSA) is 59.5 Å². The van der Waals surface area contributed by atoms with Crippen molar-refractivity contribution in [2.24, 2.45) is 0 Å². The van der Waals surface area contributed by atoms with Gasteiger partial charge < -0.3 is 9.64 Å². The second kappa shape index (κ2) is 6.22. The fourth-order valence-corrected chi connectivity index (χ4v) is 2.55. The van der Waals surface area contributed by atoms with Crippen molar-refractivity contribution in [3.63, 3.8) is 0 Å². The van der Waals surface area contributed by atoms with Gasteiger partial charge in [-0.1, -0.05) is 24.9 Å². The molecule has 0 aliphatic carbocycles. The fourth-order valence-electron chi connectivity index (χ4n) is 2.37. The lowest BCUT2D eigenvalue weighted by molar-refractivity contribution is -0.142. The number of aromatic nitrogens is 1. The maximum absolute atomic E-state index is 12.4. The molecule has 0 radical (unpaired) electrons. The van der Waals surface area contributed by atoms with Gasteiger partial charge in [0.2, 0.25) is 0 Å². The van der Waals surface area contributed by atoms with Crippen molar-refractivity contribution >= 4 is 23.5 Å². The van der Waals surface area contributed by atoms with Gasteiger partial charge in [0.15, 0.2) is 0 Å². The van der Waals surface area contributed by atoms with E-state index in [1.807, 2.05) is 6.92 Å². The molecule has 0 spiro atoms. The highest BCUT2D eigenvalue weighted by Gasteiger charge is 2.33. The molecule has 20 heavy (non-hydrogen) atoms. The first-order valence-electron chi connectivity index (χ1n) is 6.61. The van der Waals surface area contributed by atoms with Crippen molar-refractivity contribution in [3.05, 3.63) is 28.5 Å². The lowest BCUT2D eigenvalue weighted by Crippen LogP contribution is -2.39. The summed E-state index contributed by atoms with van der Waals surface area (Å²) in [4.78, 5) is 29.0. The Bertz CT molecular complexity index is 533. The van der Waals surface area contributed by atoms with Crippen LogP contribution in [0, 0.1) is 0 Å². The van der Waals surface area contributed by atoms with Crippen LogP contribution in [0.25, 0.3) is 0 Å². The smallest absolute Gasteiger partial charge is 0.302 e. The summed E-state index contributed by atoms with van der Waals surface area (Å²) in [6, 6.07) is 1.60. The molecule has 2 rings (SSSR count). The molecule has 1 atom stereocenters. The van der Waals surface area contributed by atoms with Gasteiger partial charge in [-0.2, -0.15) is 0 Å². The second-order valence-corrected chi connectivity index (χ2v) is 5.23. The predicted molar refractivity (Wildman–Crippen MR) is 74.4 cm³/mol. The molecule has 0 saturated carbocycles. The number of hydrogen-bond acceptors (Lipinski definition) is 4. The molecule has 1 amide bonds. The van der Waals surface area contributed by atoms with E-state index in [9.17, 15) is 9.59 Å². The Morgan fingerprint density at radius 1 is 1.60 bits per heavy atom. The van der Waals surface area contributed by atoms with Crippen LogP contribution < -0.4 is 0 Å². The number of ether oxygens (including phenoxy) is 1. The molecule has 1 aliphatic rings. The largest absolute Gasteiger partial charge is 0.464 e. The Hall–Kier alpha value is -1.62. The van der Waals surface area contributed by atoms with Gasteiger partial charge in [-0.05, 0) is 18.1 Å². The molecule has 1 aromatic rings. The molecule has 0 saturated heterocycles. The fraction of sp³-hybridized carbons (Fsp3) is 0.500. The molecule has 108 valence electrons. The maximum atomic E-state index is 12.4. The average Bonchev–Trinajstić information content (AvgIpc) is 2.71. The standard InChI is InChI=1S/C14H17ClN2O3/c1-3-4-11(8-20-9(2)18)17-7-10-5-13(15)16-6-12(10)14(17)19/h5-6,11H,3-4,7-8H2,1-2H3. The van der Waals surface area contributed by atoms with E-state index >= 15 is 0 Å². The summed E-state index contributed by atoms with van der Waals surface area (Å²) < 4.78 is 5.07. The van der Waals surface area contributed by atoms with Crippen LogP contribution in [0.5, 0.6) is 0 Å². The van der Waals surface area contributed by atoms with Gasteiger partial charge in [0.25, 0.3) is 5.91 Å². The van der Waals surface area contributed by atoms with Crippen molar-refractivity contribution in [1.29, 1.82) is 0 Å². The number of halogens is 1. The highest BCUT2D eigenvalue weighted by atomic mass is 35.5. The Morgan fingerprint density at radius 2 is 2.35 bits per heavy atom. The van der Waals surface area contributed by atoms with Crippen LogP contribution in [0.3, 0.4) is 0 Å². The molecule has 6 heteroatoms. The molecule has 1 aromatic heterocycles. The zero-order chi connectivity index (χ0) is 14.7. The minimum Gasteiger partial charge on any atom is -0.464 e. The van der Waals surface area contributed by atoms with E-state index in [4.69, 9.17) is 16.3 Å². The van der Waals surface area contributed by atoms with E-state index in [2.05, 4.69) is 4.98 Å². The molecule has 5 nitrogen and oxygen atoms in total. The SMILES string of the molecule is CCCC(COC(C)=O)N1Cc2cc(Cl)ncc2C1=O. The van der Waals surface area contributed by atoms with E-state index in [1.54, 1.807) is 11.0 Å². The minimum absolute atomic E-state index is 0.0743. The second-order valence-electron chi connectivity index (χ2n) is 4.84. The first-order valence-corrected chi connectivity index (χ1v) is 6.99. The molecule has 0 fully saturated rings. The van der Waals surface area contributed by atoms with Crippen molar-refractivity contribution in [2.45, 2.75) is 39.3 Å². The number of fused-ring (bicyclic) bond motifs is 1. The Kier molecular flexibility index (Phi) is 4.60. The van der Waals surface area contributed by atoms with Crippen LogP contribution in [0.15, 0.2) is 12.3 Å². The van der Waals surface area contributed by atoms with Gasteiger partial charge in [0, 0.05) is 19.7 Å². The van der Waals surface area contributed by atoms with Crippen LogP contribution in [0.2, 0.25) is 5.15 Å². The minimum atomic E-state index is -0.333. The zero-order valence-corrected chi connectivity index (χ0v) is 12.3. The number of carbonyl (C=O) groups is 2. The predicted octanol–water partition coefficient (Wildman–Crippen LogP) is 2.42. The molecule has 0 bridgehead atoms. The van der Waals surface area contributed by atoms with Gasteiger partial charge >= 0.3 is 5.97 Å². The van der Waals surface area contributed by atoms with Gasteiger partial charge in [0.1, 0.15) is 11.8 Å². The monoisotopic (exact) mass is 296 g/mol. The van der Waals surface area contributed by atoms with Crippen LogP contribution in [0.4, 0.5) is 0 Å². The molecular weight excluding hydrogens is 280 g/mol.